The van der Waals surface area contributed by atoms with Crippen LogP contribution < -0.4 is 0 Å². The van der Waals surface area contributed by atoms with E-state index in [0.29, 0.717) is 0 Å². The SMILES string of the molecule is CCCCCCCCCCCCN(CCCCCCCCCCCC)C(=S)S. The lowest BCUT2D eigenvalue weighted by atomic mass is 10.1. The van der Waals surface area contributed by atoms with E-state index in [1.165, 1.54) is 128 Å². The van der Waals surface area contributed by atoms with Gasteiger partial charge in [0.15, 0.2) is 0 Å². The summed E-state index contributed by atoms with van der Waals surface area (Å²) >= 11 is 9.80. The maximum Gasteiger partial charge on any atom is 0.133 e. The summed E-state index contributed by atoms with van der Waals surface area (Å²) in [6.07, 6.45) is 27.8. The van der Waals surface area contributed by atoms with Crippen LogP contribution in [-0.4, -0.2) is 22.3 Å². The molecule has 0 aromatic rings. The molecule has 0 atom stereocenters. The highest BCUT2D eigenvalue weighted by molar-refractivity contribution is 8.10. The van der Waals surface area contributed by atoms with Gasteiger partial charge in [0.2, 0.25) is 0 Å². The molecule has 0 aliphatic rings. The monoisotopic (exact) mass is 429 g/mol. The van der Waals surface area contributed by atoms with Gasteiger partial charge in [0, 0.05) is 13.1 Å². The maximum absolute atomic E-state index is 5.35. The Morgan fingerprint density at radius 1 is 0.500 bits per heavy atom. The van der Waals surface area contributed by atoms with Gasteiger partial charge < -0.3 is 4.90 Å². The molecule has 0 aromatic heterocycles. The van der Waals surface area contributed by atoms with Crippen molar-refractivity contribution in [3.63, 3.8) is 0 Å². The molecule has 0 saturated heterocycles. The van der Waals surface area contributed by atoms with E-state index in [2.05, 4.69) is 31.4 Å². The normalized spacial score (nSPS) is 11.1. The molecule has 0 radical (unpaired) electrons. The summed E-state index contributed by atoms with van der Waals surface area (Å²) in [5, 5.41) is 0. The molecule has 0 amide bonds. The van der Waals surface area contributed by atoms with E-state index in [-0.39, 0.29) is 0 Å². The molecule has 168 valence electrons. The number of thiol groups is 1. The zero-order valence-electron chi connectivity index (χ0n) is 19.4. The Hall–Kier alpha value is 0.240. The van der Waals surface area contributed by atoms with Gasteiger partial charge in [0.05, 0.1) is 0 Å². The van der Waals surface area contributed by atoms with Gasteiger partial charge in [-0.3, -0.25) is 0 Å². The fraction of sp³-hybridized carbons (Fsp3) is 0.960. The van der Waals surface area contributed by atoms with E-state index in [1.54, 1.807) is 0 Å². The third-order valence-electron chi connectivity index (χ3n) is 5.83. The average Bonchev–Trinajstić information content (AvgIpc) is 2.68. The number of thiocarbonyl (C=S) groups is 1. The van der Waals surface area contributed by atoms with Gasteiger partial charge in [0.25, 0.3) is 0 Å². The van der Waals surface area contributed by atoms with Crippen LogP contribution >= 0.6 is 24.8 Å². The van der Waals surface area contributed by atoms with Crippen molar-refractivity contribution < 1.29 is 0 Å². The quantitative estimate of drug-likeness (QED) is 0.104. The molecule has 0 unspecified atom stereocenters. The van der Waals surface area contributed by atoms with Crippen LogP contribution in [0.4, 0.5) is 0 Å². The molecule has 0 aliphatic heterocycles. The van der Waals surface area contributed by atoms with Crippen molar-refractivity contribution in [1.82, 2.24) is 4.90 Å². The second kappa shape index (κ2) is 23.5. The van der Waals surface area contributed by atoms with Gasteiger partial charge in [0.1, 0.15) is 4.32 Å². The Balaban J connectivity index is 3.45. The van der Waals surface area contributed by atoms with Crippen LogP contribution in [0.25, 0.3) is 0 Å². The fourth-order valence-corrected chi connectivity index (χ4v) is 4.27. The summed E-state index contributed by atoms with van der Waals surface area (Å²) in [6.45, 7) is 6.79. The molecule has 28 heavy (non-hydrogen) atoms. The maximum atomic E-state index is 5.35. The van der Waals surface area contributed by atoms with Crippen molar-refractivity contribution in [2.24, 2.45) is 0 Å². The minimum absolute atomic E-state index is 0.798. The van der Waals surface area contributed by atoms with Crippen LogP contribution in [0.2, 0.25) is 0 Å². The first-order chi connectivity index (χ1) is 13.7. The van der Waals surface area contributed by atoms with Crippen LogP contribution in [-0.2, 0) is 0 Å². The summed E-state index contributed by atoms with van der Waals surface area (Å²) in [6, 6.07) is 0. The first-order valence-corrected chi connectivity index (χ1v) is 13.6. The Kier molecular flexibility index (Phi) is 23.7. The van der Waals surface area contributed by atoms with Crippen molar-refractivity contribution >= 4 is 29.2 Å². The standard InChI is InChI=1S/C25H51NS2/c1-3-5-7-9-11-13-15-17-19-21-23-26(25(27)28)24-22-20-18-16-14-12-10-8-6-4-2/h3-24H2,1-2H3,(H,27,28). The summed E-state index contributed by atoms with van der Waals surface area (Å²) in [5.74, 6) is 0. The number of rotatable bonds is 22. The van der Waals surface area contributed by atoms with Gasteiger partial charge in [-0.1, -0.05) is 142 Å². The van der Waals surface area contributed by atoms with Crippen LogP contribution in [0.3, 0.4) is 0 Å². The van der Waals surface area contributed by atoms with Crippen molar-refractivity contribution in [1.29, 1.82) is 0 Å². The smallest absolute Gasteiger partial charge is 0.133 e. The second-order valence-electron chi connectivity index (χ2n) is 8.63. The fourth-order valence-electron chi connectivity index (χ4n) is 3.88. The molecule has 0 bridgehead atoms. The first kappa shape index (κ1) is 28.2. The van der Waals surface area contributed by atoms with E-state index < -0.39 is 0 Å². The van der Waals surface area contributed by atoms with Gasteiger partial charge in [-0.25, -0.2) is 0 Å². The lowest BCUT2D eigenvalue weighted by Gasteiger charge is -2.22. The Morgan fingerprint density at radius 2 is 0.750 bits per heavy atom. The highest BCUT2D eigenvalue weighted by Crippen LogP contribution is 2.13. The molecule has 3 heteroatoms. The topological polar surface area (TPSA) is 3.24 Å². The molecule has 0 heterocycles. The van der Waals surface area contributed by atoms with E-state index in [1.807, 2.05) is 0 Å². The lowest BCUT2D eigenvalue weighted by molar-refractivity contribution is 0.394. The Bertz CT molecular complexity index is 296. The highest BCUT2D eigenvalue weighted by atomic mass is 32.1. The number of hydrogen-bond donors (Lipinski definition) is 1. The van der Waals surface area contributed by atoms with Crippen molar-refractivity contribution in [3.05, 3.63) is 0 Å². The first-order valence-electron chi connectivity index (χ1n) is 12.7. The highest BCUT2D eigenvalue weighted by Gasteiger charge is 2.05. The van der Waals surface area contributed by atoms with E-state index >= 15 is 0 Å². The van der Waals surface area contributed by atoms with Gasteiger partial charge in [-0.05, 0) is 12.8 Å². The summed E-state index contributed by atoms with van der Waals surface area (Å²) in [5.41, 5.74) is 0. The van der Waals surface area contributed by atoms with E-state index in [4.69, 9.17) is 12.2 Å². The zero-order chi connectivity index (χ0) is 20.7. The van der Waals surface area contributed by atoms with E-state index in [9.17, 15) is 0 Å². The molecule has 0 spiro atoms. The number of hydrogen-bond acceptors (Lipinski definition) is 1. The third-order valence-corrected chi connectivity index (χ3v) is 6.37. The predicted octanol–water partition coefficient (Wildman–Crippen LogP) is 9.34. The minimum atomic E-state index is 0.798. The summed E-state index contributed by atoms with van der Waals surface area (Å²) in [4.78, 5) is 2.33. The largest absolute Gasteiger partial charge is 0.358 e. The van der Waals surface area contributed by atoms with E-state index in [0.717, 1.165) is 17.4 Å². The molecule has 0 aliphatic carbocycles. The molecule has 0 rings (SSSR count). The zero-order valence-corrected chi connectivity index (χ0v) is 21.1. The van der Waals surface area contributed by atoms with Gasteiger partial charge in [-0.2, -0.15) is 0 Å². The third kappa shape index (κ3) is 21.0. The van der Waals surface area contributed by atoms with Crippen LogP contribution in [0, 0.1) is 0 Å². The molecular weight excluding hydrogens is 378 g/mol. The van der Waals surface area contributed by atoms with Crippen molar-refractivity contribution in [3.8, 4) is 0 Å². The Morgan fingerprint density at radius 3 is 1.00 bits per heavy atom. The van der Waals surface area contributed by atoms with Crippen LogP contribution in [0.5, 0.6) is 0 Å². The number of unbranched alkanes of at least 4 members (excludes halogenated alkanes) is 18. The average molecular weight is 430 g/mol. The molecule has 0 N–H and O–H groups in total. The predicted molar refractivity (Wildman–Crippen MR) is 137 cm³/mol. The summed E-state index contributed by atoms with van der Waals surface area (Å²) < 4.78 is 0.798. The molecular formula is C25H51NS2. The van der Waals surface area contributed by atoms with Crippen LogP contribution in [0.1, 0.15) is 142 Å². The van der Waals surface area contributed by atoms with Gasteiger partial charge >= 0.3 is 0 Å². The number of nitrogens with zero attached hydrogens (tertiary/aromatic N) is 1. The molecule has 1 nitrogen and oxygen atoms in total. The van der Waals surface area contributed by atoms with Crippen molar-refractivity contribution in [2.45, 2.75) is 142 Å². The van der Waals surface area contributed by atoms with Crippen LogP contribution in [0.15, 0.2) is 0 Å². The van der Waals surface area contributed by atoms with Gasteiger partial charge in [-0.15, -0.1) is 12.6 Å². The summed E-state index contributed by atoms with van der Waals surface area (Å²) in [7, 11) is 0. The molecule has 0 aromatic carbocycles. The Labute approximate surface area is 189 Å². The minimum Gasteiger partial charge on any atom is -0.358 e. The molecule has 0 fully saturated rings. The second-order valence-corrected chi connectivity index (χ2v) is 9.75. The lowest BCUT2D eigenvalue weighted by Crippen LogP contribution is -2.28. The molecule has 0 saturated carbocycles. The van der Waals surface area contributed by atoms with Crippen molar-refractivity contribution in [2.75, 3.05) is 13.1 Å².